The summed E-state index contributed by atoms with van der Waals surface area (Å²) in [5.74, 6) is -0.471. The molecule has 1 aromatic rings. The standard InChI is InChI=1S/C12H15NO3/c1-13(2)9-4-3-5-10(11(9)12(14)15)16-8-6-7-8/h3-5,8H,6-7H2,1-2H3,(H,14,15). The molecule has 1 saturated carbocycles. The molecule has 86 valence electrons. The molecule has 1 aliphatic rings. The minimum absolute atomic E-state index is 0.204. The smallest absolute Gasteiger partial charge is 0.341 e. The molecule has 0 unspecified atom stereocenters. The molecule has 16 heavy (non-hydrogen) atoms. The Labute approximate surface area is 94.4 Å². The van der Waals surface area contributed by atoms with Gasteiger partial charge in [-0.2, -0.15) is 0 Å². The third-order valence-corrected chi connectivity index (χ3v) is 2.52. The Morgan fingerprint density at radius 3 is 2.62 bits per heavy atom. The summed E-state index contributed by atoms with van der Waals surface area (Å²) in [5, 5.41) is 9.22. The molecule has 0 spiro atoms. The number of anilines is 1. The summed E-state index contributed by atoms with van der Waals surface area (Å²) in [6.45, 7) is 0. The Morgan fingerprint density at radius 2 is 2.12 bits per heavy atom. The van der Waals surface area contributed by atoms with Crippen LogP contribution in [0.25, 0.3) is 0 Å². The van der Waals surface area contributed by atoms with Crippen molar-refractivity contribution < 1.29 is 14.6 Å². The first kappa shape index (κ1) is 10.8. The molecule has 0 heterocycles. The zero-order valence-electron chi connectivity index (χ0n) is 9.43. The van der Waals surface area contributed by atoms with Crippen LogP contribution in [-0.2, 0) is 0 Å². The average Bonchev–Trinajstić information content (AvgIpc) is 3.00. The van der Waals surface area contributed by atoms with E-state index in [9.17, 15) is 9.90 Å². The normalized spacial score (nSPS) is 14.6. The zero-order chi connectivity index (χ0) is 11.7. The van der Waals surface area contributed by atoms with E-state index in [4.69, 9.17) is 4.74 Å². The molecule has 2 rings (SSSR count). The van der Waals surface area contributed by atoms with Crippen molar-refractivity contribution in [2.24, 2.45) is 0 Å². The molecule has 0 aliphatic heterocycles. The van der Waals surface area contributed by atoms with E-state index in [1.807, 2.05) is 20.2 Å². The lowest BCUT2D eigenvalue weighted by Crippen LogP contribution is -2.15. The largest absolute Gasteiger partial charge is 0.489 e. The van der Waals surface area contributed by atoms with Crippen LogP contribution in [0, 0.1) is 0 Å². The van der Waals surface area contributed by atoms with Gasteiger partial charge in [0.15, 0.2) is 0 Å². The van der Waals surface area contributed by atoms with E-state index in [0.717, 1.165) is 12.8 Å². The second-order valence-electron chi connectivity index (χ2n) is 4.17. The van der Waals surface area contributed by atoms with E-state index >= 15 is 0 Å². The molecule has 0 bridgehead atoms. The molecule has 4 nitrogen and oxygen atoms in total. The van der Waals surface area contributed by atoms with Crippen molar-refractivity contribution in [3.63, 3.8) is 0 Å². The van der Waals surface area contributed by atoms with E-state index in [2.05, 4.69) is 0 Å². The Morgan fingerprint density at radius 1 is 1.44 bits per heavy atom. The van der Waals surface area contributed by atoms with Gasteiger partial charge < -0.3 is 14.7 Å². The van der Waals surface area contributed by atoms with Crippen LogP contribution in [0.3, 0.4) is 0 Å². The SMILES string of the molecule is CN(C)c1cccc(OC2CC2)c1C(=O)O. The van der Waals surface area contributed by atoms with Gasteiger partial charge in [-0.15, -0.1) is 0 Å². The van der Waals surface area contributed by atoms with Crippen molar-refractivity contribution in [1.82, 2.24) is 0 Å². The van der Waals surface area contributed by atoms with Crippen LogP contribution in [0.5, 0.6) is 5.75 Å². The van der Waals surface area contributed by atoms with Crippen molar-refractivity contribution in [1.29, 1.82) is 0 Å². The van der Waals surface area contributed by atoms with Crippen molar-refractivity contribution in [3.8, 4) is 5.75 Å². The van der Waals surface area contributed by atoms with Gasteiger partial charge in [0.25, 0.3) is 0 Å². The minimum atomic E-state index is -0.944. The highest BCUT2D eigenvalue weighted by atomic mass is 16.5. The van der Waals surface area contributed by atoms with Crippen LogP contribution in [0.15, 0.2) is 18.2 Å². The summed E-state index contributed by atoms with van der Waals surface area (Å²) < 4.78 is 5.60. The van der Waals surface area contributed by atoms with E-state index in [0.29, 0.717) is 11.4 Å². The minimum Gasteiger partial charge on any atom is -0.489 e. The first-order valence-corrected chi connectivity index (χ1v) is 5.30. The lowest BCUT2D eigenvalue weighted by atomic mass is 10.1. The maximum absolute atomic E-state index is 11.2. The molecular formula is C12H15NO3. The Kier molecular flexibility index (Phi) is 2.73. The average molecular weight is 221 g/mol. The van der Waals surface area contributed by atoms with Gasteiger partial charge in [-0.3, -0.25) is 0 Å². The lowest BCUT2D eigenvalue weighted by molar-refractivity contribution is 0.0692. The number of carboxylic acids is 1. The first-order chi connectivity index (χ1) is 7.59. The number of hydrogen-bond donors (Lipinski definition) is 1. The fourth-order valence-electron chi connectivity index (χ4n) is 1.57. The van der Waals surface area contributed by atoms with Crippen LogP contribution < -0.4 is 9.64 Å². The second kappa shape index (κ2) is 4.04. The topological polar surface area (TPSA) is 49.8 Å². The van der Waals surface area contributed by atoms with Gasteiger partial charge in [-0.1, -0.05) is 6.07 Å². The molecule has 1 N–H and O–H groups in total. The fraction of sp³-hybridized carbons (Fsp3) is 0.417. The maximum Gasteiger partial charge on any atom is 0.341 e. The number of carbonyl (C=O) groups is 1. The van der Waals surface area contributed by atoms with Gasteiger partial charge in [0.1, 0.15) is 11.3 Å². The van der Waals surface area contributed by atoms with Gasteiger partial charge in [0, 0.05) is 14.1 Å². The van der Waals surface area contributed by atoms with Crippen LogP contribution in [0.1, 0.15) is 23.2 Å². The second-order valence-corrected chi connectivity index (χ2v) is 4.17. The molecule has 1 fully saturated rings. The van der Waals surface area contributed by atoms with Gasteiger partial charge in [0.2, 0.25) is 0 Å². The Hall–Kier alpha value is -1.71. The monoisotopic (exact) mass is 221 g/mol. The Balaban J connectivity index is 2.41. The molecule has 0 amide bonds. The zero-order valence-corrected chi connectivity index (χ0v) is 9.43. The fourth-order valence-corrected chi connectivity index (χ4v) is 1.57. The van der Waals surface area contributed by atoms with E-state index in [-0.39, 0.29) is 11.7 Å². The highest BCUT2D eigenvalue weighted by Gasteiger charge is 2.27. The van der Waals surface area contributed by atoms with E-state index in [1.165, 1.54) is 0 Å². The van der Waals surface area contributed by atoms with E-state index in [1.54, 1.807) is 17.0 Å². The summed E-state index contributed by atoms with van der Waals surface area (Å²) in [4.78, 5) is 13.0. The summed E-state index contributed by atoms with van der Waals surface area (Å²) in [6, 6.07) is 5.32. The molecular weight excluding hydrogens is 206 g/mol. The third kappa shape index (κ3) is 2.10. The van der Waals surface area contributed by atoms with Gasteiger partial charge >= 0.3 is 5.97 Å². The predicted molar refractivity (Wildman–Crippen MR) is 61.4 cm³/mol. The lowest BCUT2D eigenvalue weighted by Gasteiger charge is -2.18. The number of carboxylic acid groups (broad SMARTS) is 1. The van der Waals surface area contributed by atoms with Crippen LogP contribution >= 0.6 is 0 Å². The highest BCUT2D eigenvalue weighted by Crippen LogP contribution is 2.33. The molecule has 0 radical (unpaired) electrons. The number of hydrogen-bond acceptors (Lipinski definition) is 3. The quantitative estimate of drug-likeness (QED) is 0.844. The van der Waals surface area contributed by atoms with Crippen molar-refractivity contribution in [3.05, 3.63) is 23.8 Å². The number of benzene rings is 1. The highest BCUT2D eigenvalue weighted by molar-refractivity contribution is 5.97. The van der Waals surface area contributed by atoms with Crippen LogP contribution in [-0.4, -0.2) is 31.3 Å². The van der Waals surface area contributed by atoms with Crippen molar-refractivity contribution in [2.75, 3.05) is 19.0 Å². The Bertz CT molecular complexity index is 411. The molecule has 0 atom stereocenters. The number of ether oxygens (including phenoxy) is 1. The maximum atomic E-state index is 11.2. The van der Waals surface area contributed by atoms with Gasteiger partial charge in [0.05, 0.1) is 11.8 Å². The summed E-state index contributed by atoms with van der Waals surface area (Å²) >= 11 is 0. The van der Waals surface area contributed by atoms with E-state index < -0.39 is 5.97 Å². The number of aromatic carboxylic acids is 1. The first-order valence-electron chi connectivity index (χ1n) is 5.30. The van der Waals surface area contributed by atoms with Crippen LogP contribution in [0.4, 0.5) is 5.69 Å². The molecule has 4 heteroatoms. The van der Waals surface area contributed by atoms with Crippen molar-refractivity contribution in [2.45, 2.75) is 18.9 Å². The van der Waals surface area contributed by atoms with Gasteiger partial charge in [-0.25, -0.2) is 4.79 Å². The summed E-state index contributed by atoms with van der Waals surface area (Å²) in [7, 11) is 3.64. The molecule has 0 aromatic heterocycles. The molecule has 1 aromatic carbocycles. The number of rotatable bonds is 4. The molecule has 1 aliphatic carbocycles. The van der Waals surface area contributed by atoms with Crippen molar-refractivity contribution >= 4 is 11.7 Å². The third-order valence-electron chi connectivity index (χ3n) is 2.52. The predicted octanol–water partition coefficient (Wildman–Crippen LogP) is 1.99. The summed E-state index contributed by atoms with van der Waals surface area (Å²) in [5.41, 5.74) is 0.921. The molecule has 0 saturated heterocycles. The number of nitrogens with zero attached hydrogens (tertiary/aromatic N) is 1. The van der Waals surface area contributed by atoms with Crippen LogP contribution in [0.2, 0.25) is 0 Å². The van der Waals surface area contributed by atoms with Gasteiger partial charge in [-0.05, 0) is 25.0 Å². The summed E-state index contributed by atoms with van der Waals surface area (Å²) in [6.07, 6.45) is 2.24.